The lowest BCUT2D eigenvalue weighted by atomic mass is 10.2. The Morgan fingerprint density at radius 3 is 2.78 bits per heavy atom. The first kappa shape index (κ1) is 13.2. The van der Waals surface area contributed by atoms with Crippen LogP contribution in [0.5, 0.6) is 0 Å². The van der Waals surface area contributed by atoms with Gasteiger partial charge in [-0.3, -0.25) is 0 Å². The van der Waals surface area contributed by atoms with Crippen molar-refractivity contribution in [3.05, 3.63) is 29.8 Å². The van der Waals surface area contributed by atoms with Gasteiger partial charge in [-0.15, -0.1) is 0 Å². The molecule has 2 rings (SSSR count). The molecule has 1 fully saturated rings. The second-order valence-electron chi connectivity index (χ2n) is 4.50. The fourth-order valence-corrected chi connectivity index (χ4v) is 2.09. The SMILES string of the molecule is Fc1ccc(F)c(NCCCN2CCNCC2)c1. The van der Waals surface area contributed by atoms with Crippen LogP contribution in [-0.4, -0.2) is 44.2 Å². The topological polar surface area (TPSA) is 27.3 Å². The Labute approximate surface area is 106 Å². The van der Waals surface area contributed by atoms with Crippen LogP contribution in [0.3, 0.4) is 0 Å². The number of piperazine rings is 1. The maximum Gasteiger partial charge on any atom is 0.146 e. The van der Waals surface area contributed by atoms with Crippen LogP contribution in [0.1, 0.15) is 6.42 Å². The van der Waals surface area contributed by atoms with Gasteiger partial charge >= 0.3 is 0 Å². The van der Waals surface area contributed by atoms with Gasteiger partial charge in [-0.25, -0.2) is 8.78 Å². The van der Waals surface area contributed by atoms with E-state index < -0.39 is 11.6 Å². The third-order valence-electron chi connectivity index (χ3n) is 3.10. The molecule has 0 atom stereocenters. The van der Waals surface area contributed by atoms with Crippen molar-refractivity contribution in [2.45, 2.75) is 6.42 Å². The minimum absolute atomic E-state index is 0.246. The number of benzene rings is 1. The molecule has 3 nitrogen and oxygen atoms in total. The Kier molecular flexibility index (Phi) is 4.90. The molecule has 1 saturated heterocycles. The zero-order valence-corrected chi connectivity index (χ0v) is 10.4. The molecule has 1 aliphatic heterocycles. The zero-order valence-electron chi connectivity index (χ0n) is 10.4. The van der Waals surface area contributed by atoms with Crippen LogP contribution in [0.25, 0.3) is 0 Å². The highest BCUT2D eigenvalue weighted by Gasteiger charge is 2.08. The molecule has 1 aromatic carbocycles. The van der Waals surface area contributed by atoms with Gasteiger partial charge in [0, 0.05) is 32.7 Å². The predicted octanol–water partition coefficient (Wildman–Crippen LogP) is 1.67. The second-order valence-corrected chi connectivity index (χ2v) is 4.50. The van der Waals surface area contributed by atoms with Crippen molar-refractivity contribution >= 4 is 5.69 Å². The van der Waals surface area contributed by atoms with E-state index in [-0.39, 0.29) is 5.69 Å². The molecular weight excluding hydrogens is 236 g/mol. The van der Waals surface area contributed by atoms with Gasteiger partial charge in [0.2, 0.25) is 0 Å². The second kappa shape index (κ2) is 6.66. The van der Waals surface area contributed by atoms with E-state index in [0.29, 0.717) is 6.54 Å². The highest BCUT2D eigenvalue weighted by molar-refractivity contribution is 5.44. The van der Waals surface area contributed by atoms with E-state index in [4.69, 9.17) is 0 Å². The Hall–Kier alpha value is -1.20. The van der Waals surface area contributed by atoms with Crippen molar-refractivity contribution in [1.82, 2.24) is 10.2 Å². The minimum Gasteiger partial charge on any atom is -0.383 e. The molecule has 0 saturated carbocycles. The molecule has 0 aromatic heterocycles. The Balaban J connectivity index is 1.69. The van der Waals surface area contributed by atoms with E-state index >= 15 is 0 Å². The number of nitrogens with one attached hydrogen (secondary N) is 2. The number of anilines is 1. The molecular formula is C13H19F2N3. The summed E-state index contributed by atoms with van der Waals surface area (Å²) in [6, 6.07) is 3.47. The van der Waals surface area contributed by atoms with E-state index in [9.17, 15) is 8.78 Å². The smallest absolute Gasteiger partial charge is 0.146 e. The van der Waals surface area contributed by atoms with E-state index in [1.165, 1.54) is 6.07 Å². The van der Waals surface area contributed by atoms with Crippen LogP contribution < -0.4 is 10.6 Å². The third-order valence-corrected chi connectivity index (χ3v) is 3.10. The Morgan fingerprint density at radius 1 is 1.22 bits per heavy atom. The first-order chi connectivity index (χ1) is 8.75. The van der Waals surface area contributed by atoms with E-state index in [0.717, 1.165) is 51.3 Å². The quantitative estimate of drug-likeness (QED) is 0.784. The van der Waals surface area contributed by atoms with E-state index in [1.54, 1.807) is 0 Å². The van der Waals surface area contributed by atoms with Crippen LogP contribution in [-0.2, 0) is 0 Å². The van der Waals surface area contributed by atoms with Crippen molar-refractivity contribution in [2.75, 3.05) is 44.6 Å². The summed E-state index contributed by atoms with van der Waals surface area (Å²) < 4.78 is 26.2. The number of hydrogen-bond donors (Lipinski definition) is 2. The van der Waals surface area contributed by atoms with Crippen molar-refractivity contribution < 1.29 is 8.78 Å². The average molecular weight is 255 g/mol. The van der Waals surface area contributed by atoms with Crippen molar-refractivity contribution in [1.29, 1.82) is 0 Å². The number of nitrogens with zero attached hydrogens (tertiary/aromatic N) is 1. The van der Waals surface area contributed by atoms with Crippen molar-refractivity contribution in [2.24, 2.45) is 0 Å². The van der Waals surface area contributed by atoms with E-state index in [2.05, 4.69) is 15.5 Å². The molecule has 5 heteroatoms. The van der Waals surface area contributed by atoms with E-state index in [1.807, 2.05) is 0 Å². The fourth-order valence-electron chi connectivity index (χ4n) is 2.09. The summed E-state index contributed by atoms with van der Waals surface area (Å²) in [5, 5.41) is 6.23. The monoisotopic (exact) mass is 255 g/mol. The molecule has 0 aliphatic carbocycles. The van der Waals surface area contributed by atoms with Crippen molar-refractivity contribution in [3.8, 4) is 0 Å². The average Bonchev–Trinajstić information content (AvgIpc) is 2.40. The summed E-state index contributed by atoms with van der Waals surface area (Å²) in [5.41, 5.74) is 0.246. The summed E-state index contributed by atoms with van der Waals surface area (Å²) >= 11 is 0. The number of hydrogen-bond acceptors (Lipinski definition) is 3. The van der Waals surface area contributed by atoms with Gasteiger partial charge in [0.15, 0.2) is 0 Å². The summed E-state index contributed by atoms with van der Waals surface area (Å²) in [6.07, 6.45) is 0.927. The van der Waals surface area contributed by atoms with Crippen LogP contribution in [0.4, 0.5) is 14.5 Å². The molecule has 0 unspecified atom stereocenters. The largest absolute Gasteiger partial charge is 0.383 e. The summed E-state index contributed by atoms with van der Waals surface area (Å²) in [6.45, 7) is 5.84. The minimum atomic E-state index is -0.416. The fraction of sp³-hybridized carbons (Fsp3) is 0.538. The van der Waals surface area contributed by atoms with Crippen LogP contribution in [0.2, 0.25) is 0 Å². The molecule has 0 bridgehead atoms. The number of halogens is 2. The van der Waals surface area contributed by atoms with Crippen LogP contribution in [0.15, 0.2) is 18.2 Å². The summed E-state index contributed by atoms with van der Waals surface area (Å²) in [5.74, 6) is -0.820. The van der Waals surface area contributed by atoms with Gasteiger partial charge in [-0.05, 0) is 31.2 Å². The molecule has 1 aliphatic rings. The van der Waals surface area contributed by atoms with Crippen LogP contribution in [0, 0.1) is 11.6 Å². The highest BCUT2D eigenvalue weighted by atomic mass is 19.1. The highest BCUT2D eigenvalue weighted by Crippen LogP contribution is 2.14. The maximum atomic E-state index is 13.3. The number of rotatable bonds is 5. The Morgan fingerprint density at radius 2 is 2.00 bits per heavy atom. The first-order valence-corrected chi connectivity index (χ1v) is 6.38. The van der Waals surface area contributed by atoms with Crippen LogP contribution >= 0.6 is 0 Å². The predicted molar refractivity (Wildman–Crippen MR) is 68.8 cm³/mol. The third kappa shape index (κ3) is 3.92. The molecule has 1 heterocycles. The molecule has 0 spiro atoms. The van der Waals surface area contributed by atoms with Gasteiger partial charge in [0.05, 0.1) is 5.69 Å². The van der Waals surface area contributed by atoms with Crippen molar-refractivity contribution in [3.63, 3.8) is 0 Å². The maximum absolute atomic E-state index is 13.3. The lowest BCUT2D eigenvalue weighted by Crippen LogP contribution is -2.44. The summed E-state index contributed by atoms with van der Waals surface area (Å²) in [4.78, 5) is 2.38. The normalized spacial score (nSPS) is 16.8. The van der Waals surface area contributed by atoms with Gasteiger partial charge in [-0.2, -0.15) is 0 Å². The molecule has 100 valence electrons. The molecule has 2 N–H and O–H groups in total. The molecule has 0 amide bonds. The van der Waals surface area contributed by atoms with Gasteiger partial charge in [-0.1, -0.05) is 0 Å². The zero-order chi connectivity index (χ0) is 12.8. The van der Waals surface area contributed by atoms with Gasteiger partial charge in [0.25, 0.3) is 0 Å². The summed E-state index contributed by atoms with van der Waals surface area (Å²) in [7, 11) is 0. The van der Waals surface area contributed by atoms with Gasteiger partial charge in [0.1, 0.15) is 11.6 Å². The lowest BCUT2D eigenvalue weighted by Gasteiger charge is -2.27. The first-order valence-electron chi connectivity index (χ1n) is 6.38. The molecule has 18 heavy (non-hydrogen) atoms. The molecule has 1 aromatic rings. The van der Waals surface area contributed by atoms with Gasteiger partial charge < -0.3 is 15.5 Å². The Bertz CT molecular complexity index is 378. The standard InChI is InChI=1S/C13H19F2N3/c14-11-2-3-12(15)13(10-11)17-4-1-7-18-8-5-16-6-9-18/h2-3,10,16-17H,1,4-9H2. The lowest BCUT2D eigenvalue weighted by molar-refractivity contribution is 0.240. The molecule has 0 radical (unpaired) electrons.